The minimum absolute atomic E-state index is 0.165. The second kappa shape index (κ2) is 11.1. The molecule has 0 bridgehead atoms. The van der Waals surface area contributed by atoms with Gasteiger partial charge in [-0.2, -0.15) is 10.2 Å². The largest absolute Gasteiger partial charge is 0.495 e. The Morgan fingerprint density at radius 3 is 2.73 bits per heavy atom. The third kappa shape index (κ3) is 4.80. The van der Waals surface area contributed by atoms with Gasteiger partial charge in [-0.05, 0) is 50.1 Å². The Balaban J connectivity index is 1.16. The lowest BCUT2D eigenvalue weighted by Crippen LogP contribution is -2.34. The van der Waals surface area contributed by atoms with E-state index in [9.17, 15) is 4.79 Å². The number of benzene rings is 1. The number of aromatic amines is 1. The molecule has 0 radical (unpaired) electrons. The lowest BCUT2D eigenvalue weighted by molar-refractivity contribution is 0.101. The summed E-state index contributed by atoms with van der Waals surface area (Å²) in [6.45, 7) is 4.78. The number of fused-ring (bicyclic) bond motifs is 2. The number of ether oxygens (including phenoxy) is 1. The van der Waals surface area contributed by atoms with Crippen molar-refractivity contribution in [3.8, 4) is 17.0 Å². The van der Waals surface area contributed by atoms with Crippen molar-refractivity contribution >= 4 is 39.5 Å². The van der Waals surface area contributed by atoms with Crippen LogP contribution < -0.4 is 15.8 Å². The van der Waals surface area contributed by atoms with Crippen LogP contribution in [0.1, 0.15) is 40.6 Å². The number of likely N-dealkylation sites (tertiary alicyclic amines) is 1. The third-order valence-electron chi connectivity index (χ3n) is 8.49. The van der Waals surface area contributed by atoms with Gasteiger partial charge >= 0.3 is 0 Å². The second-order valence-electron chi connectivity index (χ2n) is 11.2. The molecule has 1 aliphatic heterocycles. The number of H-pyrrole nitrogens is 1. The molecule has 1 aromatic carbocycles. The molecule has 7 rings (SSSR count). The number of nitrogens with one attached hydrogen (secondary N) is 2. The van der Waals surface area contributed by atoms with Crippen molar-refractivity contribution in [3.63, 3.8) is 0 Å². The van der Waals surface area contributed by atoms with E-state index >= 15 is 0 Å². The maximum absolute atomic E-state index is 13.3. The SMILES string of the molecule is COc1cc(-c2nn(C3CCN(Cc4cn[nH]c4C)CC3)c3ncnc(N)c23)ccc1NC(=O)c1cc2cccnc2n1C. The smallest absolute Gasteiger partial charge is 0.272 e. The van der Waals surface area contributed by atoms with E-state index in [1.165, 1.54) is 11.9 Å². The molecule has 224 valence electrons. The molecule has 6 heterocycles. The molecular formula is C31H33N11O2. The maximum atomic E-state index is 13.3. The molecule has 1 aliphatic rings. The van der Waals surface area contributed by atoms with Crippen molar-refractivity contribution in [1.29, 1.82) is 0 Å². The van der Waals surface area contributed by atoms with Gasteiger partial charge in [-0.1, -0.05) is 6.07 Å². The molecule has 0 aliphatic carbocycles. The third-order valence-corrected chi connectivity index (χ3v) is 8.49. The van der Waals surface area contributed by atoms with E-state index in [2.05, 4.69) is 42.3 Å². The van der Waals surface area contributed by atoms with E-state index in [1.807, 2.05) is 54.3 Å². The number of anilines is 2. The number of hydrogen-bond acceptors (Lipinski definition) is 9. The van der Waals surface area contributed by atoms with Gasteiger partial charge in [0.25, 0.3) is 5.91 Å². The lowest BCUT2D eigenvalue weighted by atomic mass is 10.0. The Morgan fingerprint density at radius 2 is 1.98 bits per heavy atom. The van der Waals surface area contributed by atoms with E-state index in [1.54, 1.807) is 17.9 Å². The molecule has 4 N–H and O–H groups in total. The molecule has 0 spiro atoms. The molecule has 6 aromatic rings. The molecule has 0 unspecified atom stereocenters. The number of aryl methyl sites for hydroxylation is 2. The number of methoxy groups -OCH3 is 1. The van der Waals surface area contributed by atoms with E-state index in [0.717, 1.165) is 54.8 Å². The highest BCUT2D eigenvalue weighted by atomic mass is 16.5. The Kier molecular flexibility index (Phi) is 6.93. The average molecular weight is 592 g/mol. The maximum Gasteiger partial charge on any atom is 0.272 e. The van der Waals surface area contributed by atoms with E-state index in [0.29, 0.717) is 39.7 Å². The summed E-state index contributed by atoms with van der Waals surface area (Å²) in [5.74, 6) is 0.594. The molecule has 0 saturated carbocycles. The van der Waals surface area contributed by atoms with Crippen molar-refractivity contribution < 1.29 is 9.53 Å². The van der Waals surface area contributed by atoms with Crippen molar-refractivity contribution in [3.05, 3.63) is 72.1 Å². The summed E-state index contributed by atoms with van der Waals surface area (Å²) in [4.78, 5) is 29.0. The molecule has 1 fully saturated rings. The predicted molar refractivity (Wildman–Crippen MR) is 167 cm³/mol. The first-order valence-electron chi connectivity index (χ1n) is 14.5. The lowest BCUT2D eigenvalue weighted by Gasteiger charge is -2.32. The quantitative estimate of drug-likeness (QED) is 0.249. The summed E-state index contributed by atoms with van der Waals surface area (Å²) in [5.41, 5.74) is 12.7. The Bertz CT molecular complexity index is 2000. The minimum atomic E-state index is -0.266. The number of rotatable bonds is 7. The van der Waals surface area contributed by atoms with Gasteiger partial charge in [0.1, 0.15) is 34.9 Å². The molecule has 5 aromatic heterocycles. The fraction of sp³-hybridized carbons (Fsp3) is 0.290. The van der Waals surface area contributed by atoms with Crippen LogP contribution in [0.5, 0.6) is 5.75 Å². The zero-order valence-electron chi connectivity index (χ0n) is 24.8. The summed E-state index contributed by atoms with van der Waals surface area (Å²) in [5, 5.41) is 16.8. The number of amides is 1. The number of aromatic nitrogens is 8. The van der Waals surface area contributed by atoms with E-state index < -0.39 is 0 Å². The summed E-state index contributed by atoms with van der Waals surface area (Å²) in [6, 6.07) is 11.3. The monoisotopic (exact) mass is 591 g/mol. The van der Waals surface area contributed by atoms with Gasteiger partial charge in [-0.15, -0.1) is 0 Å². The first kappa shape index (κ1) is 27.5. The van der Waals surface area contributed by atoms with Crippen LogP contribution in [0.4, 0.5) is 11.5 Å². The highest BCUT2D eigenvalue weighted by molar-refractivity contribution is 6.07. The van der Waals surface area contributed by atoms with Crippen LogP contribution in [0.2, 0.25) is 0 Å². The number of nitrogen functional groups attached to an aromatic ring is 1. The summed E-state index contributed by atoms with van der Waals surface area (Å²) >= 11 is 0. The zero-order valence-corrected chi connectivity index (χ0v) is 24.8. The Morgan fingerprint density at radius 1 is 1.14 bits per heavy atom. The number of nitrogens with two attached hydrogens (primary N) is 1. The minimum Gasteiger partial charge on any atom is -0.495 e. The zero-order chi connectivity index (χ0) is 30.4. The Labute approximate surface area is 253 Å². The molecule has 13 nitrogen and oxygen atoms in total. The van der Waals surface area contributed by atoms with Crippen LogP contribution in [-0.2, 0) is 13.6 Å². The van der Waals surface area contributed by atoms with Crippen LogP contribution in [0.15, 0.2) is 55.1 Å². The van der Waals surface area contributed by atoms with Crippen molar-refractivity contribution in [2.75, 3.05) is 31.2 Å². The normalized spacial score (nSPS) is 14.4. The van der Waals surface area contributed by atoms with Crippen molar-refractivity contribution in [1.82, 2.24) is 44.4 Å². The molecule has 44 heavy (non-hydrogen) atoms. The van der Waals surface area contributed by atoms with Crippen molar-refractivity contribution in [2.45, 2.75) is 32.4 Å². The van der Waals surface area contributed by atoms with Gasteiger partial charge in [-0.3, -0.25) is 14.8 Å². The molecule has 1 amide bonds. The van der Waals surface area contributed by atoms with E-state index in [4.69, 9.17) is 15.6 Å². The standard InChI is InChI=1S/C31H33N11O2/c1-18-21(15-36-38-18)16-41-11-8-22(9-12-41)42-30-26(28(32)34-17-35-30)27(39-42)19-6-7-23(25(14-19)44-3)37-31(43)24-13-20-5-4-10-33-29(20)40(24)2/h4-7,10,13-15,17,22H,8-9,11-12,16H2,1-3H3,(H,36,38)(H,37,43)(H2,32,34,35). The van der Waals surface area contributed by atoms with Gasteiger partial charge in [0.15, 0.2) is 5.65 Å². The number of hydrogen-bond donors (Lipinski definition) is 3. The number of carbonyl (C=O) groups is 1. The van der Waals surface area contributed by atoms with Gasteiger partial charge < -0.3 is 20.4 Å². The predicted octanol–water partition coefficient (Wildman–Crippen LogP) is 4.09. The number of carbonyl (C=O) groups excluding carboxylic acids is 1. The van der Waals surface area contributed by atoms with Gasteiger partial charge in [0.2, 0.25) is 0 Å². The van der Waals surface area contributed by atoms with Crippen molar-refractivity contribution in [2.24, 2.45) is 7.05 Å². The van der Waals surface area contributed by atoms with Crippen LogP contribution in [0.3, 0.4) is 0 Å². The number of piperidine rings is 1. The fourth-order valence-corrected chi connectivity index (χ4v) is 6.06. The molecule has 13 heteroatoms. The highest BCUT2D eigenvalue weighted by Crippen LogP contribution is 2.37. The second-order valence-corrected chi connectivity index (χ2v) is 11.2. The average Bonchev–Trinajstić information content (AvgIpc) is 3.73. The summed E-state index contributed by atoms with van der Waals surface area (Å²) < 4.78 is 9.49. The Hall–Kier alpha value is -5.30. The molecule has 0 atom stereocenters. The molecular weight excluding hydrogens is 558 g/mol. The van der Waals surface area contributed by atoms with Crippen LogP contribution in [-0.4, -0.2) is 70.5 Å². The fourth-order valence-electron chi connectivity index (χ4n) is 6.06. The summed E-state index contributed by atoms with van der Waals surface area (Å²) in [7, 11) is 3.39. The summed E-state index contributed by atoms with van der Waals surface area (Å²) in [6.07, 6.45) is 6.95. The van der Waals surface area contributed by atoms with E-state index in [-0.39, 0.29) is 11.9 Å². The highest BCUT2D eigenvalue weighted by Gasteiger charge is 2.27. The van der Waals surface area contributed by atoms with Crippen LogP contribution >= 0.6 is 0 Å². The topological polar surface area (TPSA) is 158 Å². The van der Waals surface area contributed by atoms with Gasteiger partial charge in [0.05, 0.1) is 30.4 Å². The first-order chi connectivity index (χ1) is 21.4. The van der Waals surface area contributed by atoms with Crippen LogP contribution in [0.25, 0.3) is 33.3 Å². The number of pyridine rings is 1. The van der Waals surface area contributed by atoms with Gasteiger partial charge in [0, 0.05) is 55.1 Å². The van der Waals surface area contributed by atoms with Crippen LogP contribution in [0, 0.1) is 6.92 Å². The molecule has 1 saturated heterocycles. The first-order valence-corrected chi connectivity index (χ1v) is 14.5. The van der Waals surface area contributed by atoms with Gasteiger partial charge in [-0.25, -0.2) is 19.6 Å². The number of nitrogens with zero attached hydrogens (tertiary/aromatic N) is 8.